The SMILES string of the molecule is CN(C1CCCCC1)S(=O)(=O)c1ccc(NC(=O)CCc2ncc(-c3ccccc3)o2)cc1. The van der Waals surface area contributed by atoms with E-state index in [0.717, 1.165) is 31.2 Å². The van der Waals surface area contributed by atoms with Gasteiger partial charge in [0.1, 0.15) is 0 Å². The summed E-state index contributed by atoms with van der Waals surface area (Å²) in [5.74, 6) is 0.974. The van der Waals surface area contributed by atoms with Crippen LogP contribution in [0.25, 0.3) is 11.3 Å². The molecule has 1 aliphatic rings. The summed E-state index contributed by atoms with van der Waals surface area (Å²) in [6, 6.07) is 16.1. The number of carbonyl (C=O) groups excluding carboxylic acids is 1. The molecule has 8 heteroatoms. The van der Waals surface area contributed by atoms with E-state index in [-0.39, 0.29) is 23.3 Å². The molecular formula is C25H29N3O4S. The van der Waals surface area contributed by atoms with Crippen LogP contribution < -0.4 is 5.32 Å². The monoisotopic (exact) mass is 467 g/mol. The Balaban J connectivity index is 1.31. The number of nitrogens with zero attached hydrogens (tertiary/aromatic N) is 2. The number of sulfonamides is 1. The van der Waals surface area contributed by atoms with Crippen LogP contribution in [0, 0.1) is 0 Å². The number of amides is 1. The van der Waals surface area contributed by atoms with E-state index in [4.69, 9.17) is 4.42 Å². The predicted molar refractivity (Wildman–Crippen MR) is 127 cm³/mol. The summed E-state index contributed by atoms with van der Waals surface area (Å²) in [6.45, 7) is 0. The Labute approximate surface area is 194 Å². The summed E-state index contributed by atoms with van der Waals surface area (Å²) in [6.07, 6.45) is 7.35. The zero-order valence-corrected chi connectivity index (χ0v) is 19.6. The van der Waals surface area contributed by atoms with Gasteiger partial charge in [-0.3, -0.25) is 4.79 Å². The van der Waals surface area contributed by atoms with Crippen LogP contribution in [0.3, 0.4) is 0 Å². The van der Waals surface area contributed by atoms with Gasteiger partial charge in [-0.05, 0) is 37.1 Å². The number of hydrogen-bond acceptors (Lipinski definition) is 5. The van der Waals surface area contributed by atoms with Crippen molar-refractivity contribution in [3.63, 3.8) is 0 Å². The van der Waals surface area contributed by atoms with E-state index in [1.165, 1.54) is 10.7 Å². The molecule has 0 atom stereocenters. The van der Waals surface area contributed by atoms with E-state index in [2.05, 4.69) is 10.3 Å². The summed E-state index contributed by atoms with van der Waals surface area (Å²) >= 11 is 0. The van der Waals surface area contributed by atoms with Crippen molar-refractivity contribution in [2.24, 2.45) is 0 Å². The number of hydrogen-bond donors (Lipinski definition) is 1. The van der Waals surface area contributed by atoms with Crippen molar-refractivity contribution in [3.8, 4) is 11.3 Å². The Morgan fingerprint density at radius 3 is 2.45 bits per heavy atom. The molecule has 7 nitrogen and oxygen atoms in total. The van der Waals surface area contributed by atoms with Crippen LogP contribution in [-0.4, -0.2) is 36.7 Å². The molecule has 3 aromatic rings. The molecule has 1 fully saturated rings. The van der Waals surface area contributed by atoms with E-state index >= 15 is 0 Å². The van der Waals surface area contributed by atoms with Gasteiger partial charge in [-0.25, -0.2) is 13.4 Å². The highest BCUT2D eigenvalue weighted by Gasteiger charge is 2.28. The molecule has 1 aliphatic carbocycles. The Morgan fingerprint density at radius 1 is 1.06 bits per heavy atom. The topological polar surface area (TPSA) is 92.5 Å². The molecule has 0 radical (unpaired) electrons. The number of nitrogens with one attached hydrogen (secondary N) is 1. The van der Waals surface area contributed by atoms with Gasteiger partial charge in [0.25, 0.3) is 0 Å². The molecular weight excluding hydrogens is 438 g/mol. The molecule has 0 aliphatic heterocycles. The van der Waals surface area contributed by atoms with Crippen molar-refractivity contribution in [2.45, 2.75) is 55.9 Å². The van der Waals surface area contributed by atoms with Crippen molar-refractivity contribution in [1.29, 1.82) is 0 Å². The molecule has 2 aromatic carbocycles. The zero-order chi connectivity index (χ0) is 23.3. The number of anilines is 1. The maximum atomic E-state index is 12.9. The molecule has 1 aromatic heterocycles. The standard InChI is InChI=1S/C25H29N3O4S/c1-28(21-10-6-3-7-11-21)33(30,31)22-14-12-20(13-15-22)27-24(29)16-17-25-26-18-23(32-25)19-8-4-2-5-9-19/h2,4-5,8-9,12-15,18,21H,3,6-7,10-11,16-17H2,1H3,(H,27,29). The fraction of sp³-hybridized carbons (Fsp3) is 0.360. The average molecular weight is 468 g/mol. The highest BCUT2D eigenvalue weighted by molar-refractivity contribution is 7.89. The van der Waals surface area contributed by atoms with Crippen LogP contribution >= 0.6 is 0 Å². The van der Waals surface area contributed by atoms with Gasteiger partial charge in [0.15, 0.2) is 11.7 Å². The number of rotatable bonds is 8. The quantitative estimate of drug-likeness (QED) is 0.510. The molecule has 4 rings (SSSR count). The second kappa shape index (κ2) is 10.3. The van der Waals surface area contributed by atoms with E-state index in [1.807, 2.05) is 30.3 Å². The van der Waals surface area contributed by atoms with E-state index in [0.29, 0.717) is 23.8 Å². The molecule has 0 bridgehead atoms. The van der Waals surface area contributed by atoms with Gasteiger partial charge in [-0.2, -0.15) is 4.31 Å². The molecule has 0 spiro atoms. The number of oxazole rings is 1. The highest BCUT2D eigenvalue weighted by Crippen LogP contribution is 2.27. The van der Waals surface area contributed by atoms with Gasteiger partial charge in [0.2, 0.25) is 15.9 Å². The molecule has 33 heavy (non-hydrogen) atoms. The van der Waals surface area contributed by atoms with E-state index in [9.17, 15) is 13.2 Å². The van der Waals surface area contributed by atoms with Crippen molar-refractivity contribution >= 4 is 21.6 Å². The lowest BCUT2D eigenvalue weighted by atomic mass is 9.96. The van der Waals surface area contributed by atoms with Crippen LogP contribution in [0.2, 0.25) is 0 Å². The van der Waals surface area contributed by atoms with Crippen molar-refractivity contribution in [1.82, 2.24) is 9.29 Å². The van der Waals surface area contributed by atoms with Crippen molar-refractivity contribution < 1.29 is 17.6 Å². The lowest BCUT2D eigenvalue weighted by molar-refractivity contribution is -0.116. The van der Waals surface area contributed by atoms with E-state index in [1.54, 1.807) is 37.5 Å². The largest absolute Gasteiger partial charge is 0.441 e. The second-order valence-electron chi connectivity index (χ2n) is 8.37. The molecule has 0 unspecified atom stereocenters. The number of aryl methyl sites for hydroxylation is 1. The minimum atomic E-state index is -3.55. The van der Waals surface area contributed by atoms with Crippen molar-refractivity contribution in [2.75, 3.05) is 12.4 Å². The van der Waals surface area contributed by atoms with Gasteiger partial charge >= 0.3 is 0 Å². The van der Waals surface area contributed by atoms with Crippen molar-refractivity contribution in [3.05, 3.63) is 66.7 Å². The summed E-state index contributed by atoms with van der Waals surface area (Å²) in [4.78, 5) is 16.8. The first kappa shape index (κ1) is 23.2. The molecule has 0 saturated heterocycles. The minimum Gasteiger partial charge on any atom is -0.441 e. The fourth-order valence-corrected chi connectivity index (χ4v) is 5.54. The third-order valence-corrected chi connectivity index (χ3v) is 8.01. The maximum absolute atomic E-state index is 12.9. The summed E-state index contributed by atoms with van der Waals surface area (Å²) < 4.78 is 33.1. The van der Waals surface area contributed by atoms with Crippen LogP contribution in [-0.2, 0) is 21.2 Å². The minimum absolute atomic E-state index is 0.0562. The lowest BCUT2D eigenvalue weighted by Gasteiger charge is -2.30. The van der Waals surface area contributed by atoms with Gasteiger partial charge in [0.05, 0.1) is 11.1 Å². The van der Waals surface area contributed by atoms with Crippen LogP contribution in [0.4, 0.5) is 5.69 Å². The Bertz CT molecular complexity index is 1170. The number of aromatic nitrogens is 1. The molecule has 1 N–H and O–H groups in total. The average Bonchev–Trinajstić information content (AvgIpc) is 3.33. The number of carbonyl (C=O) groups is 1. The molecule has 1 heterocycles. The maximum Gasteiger partial charge on any atom is 0.243 e. The Kier molecular flexibility index (Phi) is 7.25. The Hall–Kier alpha value is -2.97. The second-order valence-corrected chi connectivity index (χ2v) is 10.4. The lowest BCUT2D eigenvalue weighted by Crippen LogP contribution is -2.38. The Morgan fingerprint density at radius 2 is 1.76 bits per heavy atom. The summed E-state index contributed by atoms with van der Waals surface area (Å²) in [5.41, 5.74) is 1.49. The van der Waals surface area contributed by atoms with Gasteiger partial charge < -0.3 is 9.73 Å². The normalized spacial score (nSPS) is 15.0. The number of benzene rings is 2. The third kappa shape index (κ3) is 5.69. The third-order valence-electron chi connectivity index (χ3n) is 6.08. The molecule has 1 saturated carbocycles. The fourth-order valence-electron chi connectivity index (χ4n) is 4.12. The van der Waals surface area contributed by atoms with Crippen LogP contribution in [0.15, 0.2) is 70.1 Å². The first-order valence-electron chi connectivity index (χ1n) is 11.3. The van der Waals surface area contributed by atoms with Gasteiger partial charge in [0, 0.05) is 37.2 Å². The molecule has 1 amide bonds. The van der Waals surface area contributed by atoms with Gasteiger partial charge in [-0.1, -0.05) is 49.6 Å². The van der Waals surface area contributed by atoms with E-state index < -0.39 is 10.0 Å². The summed E-state index contributed by atoms with van der Waals surface area (Å²) in [7, 11) is -1.89. The predicted octanol–water partition coefficient (Wildman–Crippen LogP) is 4.87. The zero-order valence-electron chi connectivity index (χ0n) is 18.7. The van der Waals surface area contributed by atoms with Crippen LogP contribution in [0.5, 0.6) is 0 Å². The smallest absolute Gasteiger partial charge is 0.243 e. The van der Waals surface area contributed by atoms with Crippen LogP contribution in [0.1, 0.15) is 44.4 Å². The summed E-state index contributed by atoms with van der Waals surface area (Å²) in [5, 5.41) is 2.81. The highest BCUT2D eigenvalue weighted by atomic mass is 32.2. The first-order valence-corrected chi connectivity index (χ1v) is 12.8. The molecule has 174 valence electrons. The van der Waals surface area contributed by atoms with Gasteiger partial charge in [-0.15, -0.1) is 0 Å². The first-order chi connectivity index (χ1) is 15.9.